The van der Waals surface area contributed by atoms with Crippen molar-refractivity contribution in [2.24, 2.45) is 0 Å². The van der Waals surface area contributed by atoms with E-state index in [9.17, 15) is 9.18 Å². The molecule has 2 rings (SSSR count). The molecule has 0 fully saturated rings. The Bertz CT molecular complexity index is 556. The Balaban J connectivity index is 2.72. The predicted molar refractivity (Wildman–Crippen MR) is 53.7 cm³/mol. The van der Waals surface area contributed by atoms with Crippen LogP contribution in [0.1, 0.15) is 10.5 Å². The van der Waals surface area contributed by atoms with E-state index in [1.165, 1.54) is 18.2 Å². The summed E-state index contributed by atoms with van der Waals surface area (Å²) in [5.74, 6) is -1.76. The van der Waals surface area contributed by atoms with Crippen molar-refractivity contribution in [1.82, 2.24) is 4.98 Å². The van der Waals surface area contributed by atoms with Crippen LogP contribution in [0.25, 0.3) is 10.9 Å². The zero-order valence-electron chi connectivity index (χ0n) is 7.37. The molecule has 1 aromatic carbocycles. The highest BCUT2D eigenvalue weighted by Gasteiger charge is 2.08. The molecular formula is C10H5ClFNO2. The molecule has 5 heteroatoms. The second kappa shape index (κ2) is 3.47. The van der Waals surface area contributed by atoms with Gasteiger partial charge in [-0.3, -0.25) is 0 Å². The lowest BCUT2D eigenvalue weighted by molar-refractivity contribution is 0.0691. The maximum absolute atomic E-state index is 13.1. The Morgan fingerprint density at radius 2 is 2.13 bits per heavy atom. The molecule has 0 saturated heterocycles. The summed E-state index contributed by atoms with van der Waals surface area (Å²) in [6.45, 7) is 0. The highest BCUT2D eigenvalue weighted by atomic mass is 35.5. The second-order valence-electron chi connectivity index (χ2n) is 2.96. The van der Waals surface area contributed by atoms with Crippen LogP contribution in [-0.4, -0.2) is 16.1 Å². The lowest BCUT2D eigenvalue weighted by Crippen LogP contribution is -1.99. The molecular weight excluding hydrogens is 221 g/mol. The summed E-state index contributed by atoms with van der Waals surface area (Å²) < 4.78 is 13.1. The van der Waals surface area contributed by atoms with Gasteiger partial charge in [0.05, 0.1) is 10.5 Å². The van der Waals surface area contributed by atoms with Gasteiger partial charge in [0, 0.05) is 11.5 Å². The number of halogens is 2. The minimum Gasteiger partial charge on any atom is -0.477 e. The van der Waals surface area contributed by atoms with Crippen LogP contribution in [0.4, 0.5) is 4.39 Å². The third-order valence-electron chi connectivity index (χ3n) is 1.95. The second-order valence-corrected chi connectivity index (χ2v) is 3.37. The van der Waals surface area contributed by atoms with Crippen molar-refractivity contribution < 1.29 is 14.3 Å². The number of aromatic carboxylic acids is 1. The smallest absolute Gasteiger partial charge is 0.354 e. The fourth-order valence-electron chi connectivity index (χ4n) is 1.24. The zero-order valence-corrected chi connectivity index (χ0v) is 8.12. The summed E-state index contributed by atoms with van der Waals surface area (Å²) in [4.78, 5) is 14.4. The fourth-order valence-corrected chi connectivity index (χ4v) is 1.41. The highest BCUT2D eigenvalue weighted by molar-refractivity contribution is 6.31. The molecule has 15 heavy (non-hydrogen) atoms. The summed E-state index contributed by atoms with van der Waals surface area (Å²) in [7, 11) is 0. The number of benzene rings is 1. The van der Waals surface area contributed by atoms with Crippen LogP contribution in [0.2, 0.25) is 5.02 Å². The van der Waals surface area contributed by atoms with Crippen LogP contribution in [0, 0.1) is 5.82 Å². The van der Waals surface area contributed by atoms with Crippen LogP contribution in [0.15, 0.2) is 24.3 Å². The molecule has 0 aliphatic rings. The number of nitrogens with zero attached hydrogens (tertiary/aromatic N) is 1. The molecule has 0 atom stereocenters. The van der Waals surface area contributed by atoms with E-state index in [1.807, 2.05) is 0 Å². The monoisotopic (exact) mass is 225 g/mol. The molecule has 1 heterocycles. The van der Waals surface area contributed by atoms with Gasteiger partial charge in [0.2, 0.25) is 0 Å². The Kier molecular flexibility index (Phi) is 2.28. The van der Waals surface area contributed by atoms with Gasteiger partial charge in [-0.15, -0.1) is 0 Å². The quantitative estimate of drug-likeness (QED) is 0.812. The summed E-state index contributed by atoms with van der Waals surface area (Å²) in [5.41, 5.74) is 0.154. The van der Waals surface area contributed by atoms with Crippen molar-refractivity contribution in [2.45, 2.75) is 0 Å². The van der Waals surface area contributed by atoms with Crippen LogP contribution >= 0.6 is 11.6 Å². The van der Waals surface area contributed by atoms with E-state index in [2.05, 4.69) is 4.98 Å². The minimum absolute atomic E-state index is 0.00706. The summed E-state index contributed by atoms with van der Waals surface area (Å²) in [6.07, 6.45) is 0. The first-order valence-corrected chi connectivity index (χ1v) is 4.45. The van der Waals surface area contributed by atoms with E-state index in [1.54, 1.807) is 0 Å². The molecule has 76 valence electrons. The molecule has 0 bridgehead atoms. The molecule has 0 aliphatic heterocycles. The maximum atomic E-state index is 13.1. The van der Waals surface area contributed by atoms with Crippen molar-refractivity contribution in [2.75, 3.05) is 0 Å². The molecule has 0 spiro atoms. The van der Waals surface area contributed by atoms with Gasteiger partial charge >= 0.3 is 5.97 Å². The minimum atomic E-state index is -1.15. The van der Waals surface area contributed by atoms with Gasteiger partial charge in [0.1, 0.15) is 11.5 Å². The number of pyridine rings is 1. The number of hydrogen-bond acceptors (Lipinski definition) is 2. The topological polar surface area (TPSA) is 50.2 Å². The van der Waals surface area contributed by atoms with Gasteiger partial charge in [0.25, 0.3) is 0 Å². The Morgan fingerprint density at radius 3 is 2.80 bits per heavy atom. The largest absolute Gasteiger partial charge is 0.477 e. The molecule has 0 saturated carbocycles. The van der Waals surface area contributed by atoms with Gasteiger partial charge in [-0.2, -0.15) is 0 Å². The molecule has 0 amide bonds. The van der Waals surface area contributed by atoms with E-state index in [0.717, 1.165) is 6.07 Å². The molecule has 0 aliphatic carbocycles. The molecule has 3 nitrogen and oxygen atoms in total. The van der Waals surface area contributed by atoms with Crippen molar-refractivity contribution >= 4 is 28.5 Å². The number of rotatable bonds is 1. The van der Waals surface area contributed by atoms with Crippen LogP contribution in [0.5, 0.6) is 0 Å². The number of carboxylic acid groups (broad SMARTS) is 1. The van der Waals surface area contributed by atoms with E-state index in [4.69, 9.17) is 16.7 Å². The van der Waals surface area contributed by atoms with E-state index in [0.29, 0.717) is 5.39 Å². The zero-order chi connectivity index (χ0) is 11.0. The first-order valence-electron chi connectivity index (χ1n) is 4.07. The van der Waals surface area contributed by atoms with E-state index < -0.39 is 11.8 Å². The van der Waals surface area contributed by atoms with Crippen LogP contribution in [-0.2, 0) is 0 Å². The predicted octanol–water partition coefficient (Wildman–Crippen LogP) is 2.73. The van der Waals surface area contributed by atoms with Crippen molar-refractivity contribution in [3.05, 3.63) is 40.8 Å². The highest BCUT2D eigenvalue weighted by Crippen LogP contribution is 2.21. The van der Waals surface area contributed by atoms with Crippen molar-refractivity contribution in [3.8, 4) is 0 Å². The summed E-state index contributed by atoms with van der Waals surface area (Å²) >= 11 is 5.57. The third kappa shape index (κ3) is 1.76. The Morgan fingerprint density at radius 1 is 1.40 bits per heavy atom. The molecule has 1 aromatic heterocycles. The van der Waals surface area contributed by atoms with Crippen molar-refractivity contribution in [3.63, 3.8) is 0 Å². The average Bonchev–Trinajstić information content (AvgIpc) is 2.19. The molecule has 2 aromatic rings. The number of aromatic nitrogens is 1. The number of carbonyl (C=O) groups is 1. The fraction of sp³-hybridized carbons (Fsp3) is 0. The SMILES string of the molecule is O=C(O)c1ccc2cc(Cl)c(F)cc2n1. The van der Waals surface area contributed by atoms with Crippen LogP contribution < -0.4 is 0 Å². The number of carboxylic acids is 1. The first kappa shape index (κ1) is 9.86. The summed E-state index contributed by atoms with van der Waals surface area (Å²) in [5, 5.41) is 9.28. The van der Waals surface area contributed by atoms with Gasteiger partial charge in [-0.25, -0.2) is 14.2 Å². The first-order chi connectivity index (χ1) is 7.08. The summed E-state index contributed by atoms with van der Waals surface area (Å²) in [6, 6.07) is 5.41. The molecule has 1 N–H and O–H groups in total. The van der Waals surface area contributed by atoms with Gasteiger partial charge in [-0.05, 0) is 12.1 Å². The average molecular weight is 226 g/mol. The van der Waals surface area contributed by atoms with Gasteiger partial charge in [-0.1, -0.05) is 17.7 Å². The molecule has 0 radical (unpaired) electrons. The van der Waals surface area contributed by atoms with Gasteiger partial charge < -0.3 is 5.11 Å². The van der Waals surface area contributed by atoms with Crippen molar-refractivity contribution in [1.29, 1.82) is 0 Å². The normalized spacial score (nSPS) is 10.5. The van der Waals surface area contributed by atoms with E-state index in [-0.39, 0.29) is 16.2 Å². The lowest BCUT2D eigenvalue weighted by Gasteiger charge is -2.00. The van der Waals surface area contributed by atoms with Gasteiger partial charge in [0.15, 0.2) is 0 Å². The maximum Gasteiger partial charge on any atom is 0.354 e. The number of hydrogen-bond donors (Lipinski definition) is 1. The number of fused-ring (bicyclic) bond motifs is 1. The standard InChI is InChI=1S/C10H5ClFNO2/c11-6-3-5-1-2-8(10(14)15)13-9(5)4-7(6)12/h1-4H,(H,14,15). The Hall–Kier alpha value is -1.68. The van der Waals surface area contributed by atoms with Crippen LogP contribution in [0.3, 0.4) is 0 Å². The molecule has 0 unspecified atom stereocenters. The lowest BCUT2D eigenvalue weighted by atomic mass is 10.2. The third-order valence-corrected chi connectivity index (χ3v) is 2.24. The van der Waals surface area contributed by atoms with E-state index >= 15 is 0 Å². The Labute approximate surface area is 89.1 Å².